The summed E-state index contributed by atoms with van der Waals surface area (Å²) in [7, 11) is 0. The molecule has 0 aliphatic carbocycles. The minimum Gasteiger partial charge on any atom is -0.444 e. The molecule has 0 radical (unpaired) electrons. The Morgan fingerprint density at radius 2 is 2.05 bits per heavy atom. The van der Waals surface area contributed by atoms with Crippen LogP contribution in [0.15, 0.2) is 24.3 Å². The van der Waals surface area contributed by atoms with Crippen molar-refractivity contribution in [1.29, 1.82) is 0 Å². The van der Waals surface area contributed by atoms with E-state index in [1.54, 1.807) is 39.0 Å². The molecule has 5 heteroatoms. The highest BCUT2D eigenvalue weighted by Gasteiger charge is 2.16. The summed E-state index contributed by atoms with van der Waals surface area (Å²) in [6.45, 7) is 5.71. The van der Waals surface area contributed by atoms with E-state index in [2.05, 4.69) is 5.32 Å². The molecular formula is C14H21FN2O2. The summed E-state index contributed by atoms with van der Waals surface area (Å²) in [6, 6.07) is 5.92. The summed E-state index contributed by atoms with van der Waals surface area (Å²) < 4.78 is 18.5. The normalized spacial score (nSPS) is 12.9. The van der Waals surface area contributed by atoms with Gasteiger partial charge in [-0.15, -0.1) is 0 Å². The van der Waals surface area contributed by atoms with Crippen LogP contribution in [0.1, 0.15) is 38.8 Å². The first-order chi connectivity index (χ1) is 8.79. The van der Waals surface area contributed by atoms with E-state index in [0.717, 1.165) is 0 Å². The fourth-order valence-electron chi connectivity index (χ4n) is 1.58. The Morgan fingerprint density at radius 3 is 2.63 bits per heavy atom. The Bertz CT molecular complexity index is 430. The van der Waals surface area contributed by atoms with E-state index in [-0.39, 0.29) is 5.82 Å². The smallest absolute Gasteiger partial charge is 0.407 e. The quantitative estimate of drug-likeness (QED) is 0.882. The molecule has 106 valence electrons. The number of halogens is 1. The predicted molar refractivity (Wildman–Crippen MR) is 72.2 cm³/mol. The fraction of sp³-hybridized carbons (Fsp3) is 0.500. The number of amides is 1. The Hall–Kier alpha value is -1.62. The van der Waals surface area contributed by atoms with E-state index >= 15 is 0 Å². The number of alkyl carbamates (subject to hydrolysis) is 1. The second-order valence-corrected chi connectivity index (χ2v) is 5.35. The maximum absolute atomic E-state index is 13.5. The van der Waals surface area contributed by atoms with Gasteiger partial charge in [0.15, 0.2) is 0 Å². The molecule has 19 heavy (non-hydrogen) atoms. The van der Waals surface area contributed by atoms with Crippen LogP contribution in [0.25, 0.3) is 0 Å². The van der Waals surface area contributed by atoms with Crippen LogP contribution < -0.4 is 11.1 Å². The van der Waals surface area contributed by atoms with Crippen LogP contribution in [0.3, 0.4) is 0 Å². The molecule has 0 heterocycles. The van der Waals surface area contributed by atoms with E-state index in [9.17, 15) is 9.18 Å². The van der Waals surface area contributed by atoms with Crippen molar-refractivity contribution in [2.24, 2.45) is 5.73 Å². The van der Waals surface area contributed by atoms with E-state index in [4.69, 9.17) is 10.5 Å². The van der Waals surface area contributed by atoms with Gasteiger partial charge in [0, 0.05) is 18.2 Å². The maximum atomic E-state index is 13.5. The highest BCUT2D eigenvalue weighted by atomic mass is 19.1. The minimum absolute atomic E-state index is 0.327. The Balaban J connectivity index is 2.38. The van der Waals surface area contributed by atoms with Gasteiger partial charge >= 0.3 is 6.09 Å². The molecule has 1 atom stereocenters. The average molecular weight is 268 g/mol. The van der Waals surface area contributed by atoms with Gasteiger partial charge in [0.1, 0.15) is 11.4 Å². The first kappa shape index (κ1) is 15.4. The largest absolute Gasteiger partial charge is 0.444 e. The van der Waals surface area contributed by atoms with E-state index in [0.29, 0.717) is 18.5 Å². The lowest BCUT2D eigenvalue weighted by Gasteiger charge is -2.20. The first-order valence-corrected chi connectivity index (χ1v) is 6.26. The summed E-state index contributed by atoms with van der Waals surface area (Å²) in [5.74, 6) is -0.327. The fourth-order valence-corrected chi connectivity index (χ4v) is 1.58. The van der Waals surface area contributed by atoms with Gasteiger partial charge in [-0.25, -0.2) is 9.18 Å². The number of carbonyl (C=O) groups is 1. The van der Waals surface area contributed by atoms with Crippen LogP contribution in [-0.4, -0.2) is 18.2 Å². The molecule has 0 saturated carbocycles. The zero-order valence-corrected chi connectivity index (χ0v) is 11.6. The molecule has 1 aromatic rings. The van der Waals surface area contributed by atoms with Crippen molar-refractivity contribution in [3.05, 3.63) is 35.6 Å². The first-order valence-electron chi connectivity index (χ1n) is 6.26. The molecule has 1 amide bonds. The molecule has 0 spiro atoms. The standard InChI is InChI=1S/C14H21FN2O2/c1-14(2,3)19-13(18)17-9-8-12(16)10-6-4-5-7-11(10)15/h4-7,12H,8-9,16H2,1-3H3,(H,17,18). The number of rotatable bonds is 4. The van der Waals surface area contributed by atoms with Crippen LogP contribution in [-0.2, 0) is 4.74 Å². The molecule has 1 aromatic carbocycles. The van der Waals surface area contributed by atoms with Gasteiger partial charge in [0.25, 0.3) is 0 Å². The minimum atomic E-state index is -0.530. The lowest BCUT2D eigenvalue weighted by Crippen LogP contribution is -2.34. The SMILES string of the molecule is CC(C)(C)OC(=O)NCCC(N)c1ccccc1F. The highest BCUT2D eigenvalue weighted by Crippen LogP contribution is 2.16. The van der Waals surface area contributed by atoms with Crippen LogP contribution >= 0.6 is 0 Å². The monoisotopic (exact) mass is 268 g/mol. The predicted octanol–water partition coefficient (Wildman–Crippen LogP) is 2.74. The Kier molecular flexibility index (Phi) is 5.30. The molecule has 0 aliphatic heterocycles. The third-order valence-electron chi connectivity index (χ3n) is 2.43. The highest BCUT2D eigenvalue weighted by molar-refractivity contribution is 5.67. The van der Waals surface area contributed by atoms with E-state index < -0.39 is 17.7 Å². The van der Waals surface area contributed by atoms with E-state index in [1.165, 1.54) is 6.07 Å². The number of nitrogens with two attached hydrogens (primary N) is 1. The lowest BCUT2D eigenvalue weighted by molar-refractivity contribution is 0.0526. The van der Waals surface area contributed by atoms with Crippen molar-refractivity contribution in [3.63, 3.8) is 0 Å². The Morgan fingerprint density at radius 1 is 1.42 bits per heavy atom. The van der Waals surface area contributed by atoms with Gasteiger partial charge in [-0.1, -0.05) is 18.2 Å². The molecule has 0 aliphatic rings. The van der Waals surface area contributed by atoms with Gasteiger partial charge in [-0.2, -0.15) is 0 Å². The molecule has 3 N–H and O–H groups in total. The molecule has 0 fully saturated rings. The number of nitrogens with one attached hydrogen (secondary N) is 1. The van der Waals surface area contributed by atoms with Crippen LogP contribution in [0, 0.1) is 5.82 Å². The number of hydrogen-bond acceptors (Lipinski definition) is 3. The van der Waals surface area contributed by atoms with Crippen LogP contribution in [0.2, 0.25) is 0 Å². The van der Waals surface area contributed by atoms with E-state index in [1.807, 2.05) is 0 Å². The molecule has 0 aromatic heterocycles. The Labute approximate surface area is 113 Å². The summed E-state index contributed by atoms with van der Waals surface area (Å²) in [5, 5.41) is 2.60. The van der Waals surface area contributed by atoms with Gasteiger partial charge in [0.05, 0.1) is 0 Å². The number of hydrogen-bond donors (Lipinski definition) is 2. The molecule has 4 nitrogen and oxygen atoms in total. The van der Waals surface area contributed by atoms with Crippen molar-refractivity contribution in [2.75, 3.05) is 6.54 Å². The molecule has 1 rings (SSSR count). The average Bonchev–Trinajstić information content (AvgIpc) is 2.26. The topological polar surface area (TPSA) is 64.3 Å². The van der Waals surface area contributed by atoms with Crippen molar-refractivity contribution in [2.45, 2.75) is 38.8 Å². The second-order valence-electron chi connectivity index (χ2n) is 5.35. The van der Waals surface area contributed by atoms with Crippen LogP contribution in [0.4, 0.5) is 9.18 Å². The van der Waals surface area contributed by atoms with Gasteiger partial charge in [-0.3, -0.25) is 0 Å². The van der Waals surface area contributed by atoms with Crippen molar-refractivity contribution in [1.82, 2.24) is 5.32 Å². The number of benzene rings is 1. The third-order valence-corrected chi connectivity index (χ3v) is 2.43. The zero-order valence-electron chi connectivity index (χ0n) is 11.6. The summed E-state index contributed by atoms with van der Waals surface area (Å²) in [6.07, 6.45) is -0.0478. The van der Waals surface area contributed by atoms with Crippen LogP contribution in [0.5, 0.6) is 0 Å². The molecule has 0 saturated heterocycles. The van der Waals surface area contributed by atoms with Crippen molar-refractivity contribution < 1.29 is 13.9 Å². The third kappa shape index (κ3) is 5.70. The van der Waals surface area contributed by atoms with Crippen molar-refractivity contribution in [3.8, 4) is 0 Å². The summed E-state index contributed by atoms with van der Waals surface area (Å²) in [4.78, 5) is 11.4. The number of carbonyl (C=O) groups excluding carboxylic acids is 1. The number of ether oxygens (including phenoxy) is 1. The summed E-state index contributed by atoms with van der Waals surface area (Å²) in [5.41, 5.74) is 5.80. The second kappa shape index (κ2) is 6.52. The molecular weight excluding hydrogens is 247 g/mol. The molecule has 1 unspecified atom stereocenters. The summed E-state index contributed by atoms with van der Waals surface area (Å²) >= 11 is 0. The zero-order chi connectivity index (χ0) is 14.5. The van der Waals surface area contributed by atoms with Gasteiger partial charge in [0.2, 0.25) is 0 Å². The van der Waals surface area contributed by atoms with Gasteiger partial charge < -0.3 is 15.8 Å². The molecule has 0 bridgehead atoms. The van der Waals surface area contributed by atoms with Crippen molar-refractivity contribution >= 4 is 6.09 Å². The maximum Gasteiger partial charge on any atom is 0.407 e. The van der Waals surface area contributed by atoms with Gasteiger partial charge in [-0.05, 0) is 33.3 Å². The lowest BCUT2D eigenvalue weighted by atomic mass is 10.0.